The summed E-state index contributed by atoms with van der Waals surface area (Å²) in [6.45, 7) is 1.56. The number of anilines is 2. The van der Waals surface area contributed by atoms with E-state index >= 15 is 0 Å². The SMILES string of the molecule is O=C(Nc1ccc(F)cc1)NC1CCN(c2ccc(Br)cn2)C1. The molecule has 1 aliphatic rings. The van der Waals surface area contributed by atoms with Crippen molar-refractivity contribution in [1.82, 2.24) is 10.3 Å². The maximum absolute atomic E-state index is 12.8. The van der Waals surface area contributed by atoms with Crippen LogP contribution in [0.25, 0.3) is 0 Å². The molecule has 23 heavy (non-hydrogen) atoms. The summed E-state index contributed by atoms with van der Waals surface area (Å²) in [4.78, 5) is 18.5. The van der Waals surface area contributed by atoms with Crippen molar-refractivity contribution in [3.63, 3.8) is 0 Å². The van der Waals surface area contributed by atoms with Crippen LogP contribution < -0.4 is 15.5 Å². The minimum Gasteiger partial charge on any atom is -0.354 e. The zero-order chi connectivity index (χ0) is 16.2. The maximum Gasteiger partial charge on any atom is 0.319 e. The molecular weight excluding hydrogens is 363 g/mol. The van der Waals surface area contributed by atoms with E-state index in [1.807, 2.05) is 12.1 Å². The molecule has 1 atom stereocenters. The fraction of sp³-hybridized carbons (Fsp3) is 0.250. The predicted octanol–water partition coefficient (Wildman–Crippen LogP) is 3.38. The summed E-state index contributed by atoms with van der Waals surface area (Å²) in [6.07, 6.45) is 2.62. The number of amides is 2. The molecule has 0 radical (unpaired) electrons. The van der Waals surface area contributed by atoms with Gasteiger partial charge in [0.1, 0.15) is 11.6 Å². The number of benzene rings is 1. The van der Waals surface area contributed by atoms with Crippen LogP contribution in [0.15, 0.2) is 47.1 Å². The zero-order valence-corrected chi connectivity index (χ0v) is 13.9. The van der Waals surface area contributed by atoms with Crippen LogP contribution in [0, 0.1) is 5.82 Å². The minimum atomic E-state index is -0.329. The minimum absolute atomic E-state index is 0.0564. The molecule has 5 nitrogen and oxygen atoms in total. The third kappa shape index (κ3) is 4.19. The van der Waals surface area contributed by atoms with Crippen LogP contribution in [0.2, 0.25) is 0 Å². The van der Waals surface area contributed by atoms with Gasteiger partial charge in [-0.3, -0.25) is 0 Å². The number of urea groups is 1. The van der Waals surface area contributed by atoms with Crippen molar-refractivity contribution < 1.29 is 9.18 Å². The van der Waals surface area contributed by atoms with Crippen LogP contribution in [0.1, 0.15) is 6.42 Å². The molecule has 2 heterocycles. The molecule has 3 rings (SSSR count). The third-order valence-electron chi connectivity index (χ3n) is 3.66. The quantitative estimate of drug-likeness (QED) is 0.860. The van der Waals surface area contributed by atoms with Crippen molar-refractivity contribution in [3.8, 4) is 0 Å². The topological polar surface area (TPSA) is 57.3 Å². The Bertz CT molecular complexity index is 677. The van der Waals surface area contributed by atoms with E-state index < -0.39 is 0 Å². The Morgan fingerprint density at radius 3 is 2.74 bits per heavy atom. The first-order chi connectivity index (χ1) is 11.1. The molecule has 2 amide bonds. The molecule has 2 aromatic rings. The summed E-state index contributed by atoms with van der Waals surface area (Å²) in [6, 6.07) is 9.35. The number of pyridine rings is 1. The Morgan fingerprint density at radius 2 is 2.04 bits per heavy atom. The predicted molar refractivity (Wildman–Crippen MR) is 91.1 cm³/mol. The monoisotopic (exact) mass is 378 g/mol. The molecule has 7 heteroatoms. The molecular formula is C16H16BrFN4O. The molecule has 1 aromatic carbocycles. The molecule has 2 N–H and O–H groups in total. The van der Waals surface area contributed by atoms with Crippen molar-refractivity contribution in [2.45, 2.75) is 12.5 Å². The molecule has 120 valence electrons. The van der Waals surface area contributed by atoms with E-state index in [4.69, 9.17) is 0 Å². The maximum atomic E-state index is 12.8. The standard InChI is InChI=1S/C16H16BrFN4O/c17-11-1-6-15(19-9-11)22-8-7-14(10-22)21-16(23)20-13-4-2-12(18)3-5-13/h1-6,9,14H,7-8,10H2,(H2,20,21,23). The molecule has 1 aliphatic heterocycles. The molecule has 1 aromatic heterocycles. The molecule has 0 aliphatic carbocycles. The van der Waals surface area contributed by atoms with Crippen molar-refractivity contribution in [1.29, 1.82) is 0 Å². The first kappa shape index (κ1) is 15.7. The number of halogens is 2. The van der Waals surface area contributed by atoms with Gasteiger partial charge < -0.3 is 15.5 Å². The van der Waals surface area contributed by atoms with Crippen LogP contribution in [-0.4, -0.2) is 30.1 Å². The summed E-state index contributed by atoms with van der Waals surface area (Å²) >= 11 is 3.36. The van der Waals surface area contributed by atoms with E-state index in [1.54, 1.807) is 6.20 Å². The van der Waals surface area contributed by atoms with Crippen LogP contribution in [0.5, 0.6) is 0 Å². The van der Waals surface area contributed by atoms with Gasteiger partial charge in [-0.2, -0.15) is 0 Å². The van der Waals surface area contributed by atoms with Gasteiger partial charge >= 0.3 is 6.03 Å². The summed E-state index contributed by atoms with van der Waals surface area (Å²) < 4.78 is 13.8. The lowest BCUT2D eigenvalue weighted by atomic mass is 10.3. The summed E-state index contributed by atoms with van der Waals surface area (Å²) in [5.41, 5.74) is 0.563. The van der Waals surface area contributed by atoms with Gasteiger partial charge in [-0.25, -0.2) is 14.2 Å². The Labute approximate surface area is 142 Å². The van der Waals surface area contributed by atoms with Crippen molar-refractivity contribution in [3.05, 3.63) is 52.9 Å². The summed E-state index contributed by atoms with van der Waals surface area (Å²) in [5.74, 6) is 0.570. The van der Waals surface area contributed by atoms with Crippen LogP contribution in [0.4, 0.5) is 20.7 Å². The van der Waals surface area contributed by atoms with Crippen LogP contribution in [-0.2, 0) is 0 Å². The smallest absolute Gasteiger partial charge is 0.319 e. The van der Waals surface area contributed by atoms with Crippen LogP contribution in [0.3, 0.4) is 0 Å². The van der Waals surface area contributed by atoms with Gasteiger partial charge in [0.15, 0.2) is 0 Å². The van der Waals surface area contributed by atoms with Crippen molar-refractivity contribution in [2.75, 3.05) is 23.3 Å². The lowest BCUT2D eigenvalue weighted by molar-refractivity contribution is 0.249. The van der Waals surface area contributed by atoms with Gasteiger partial charge in [-0.1, -0.05) is 0 Å². The molecule has 1 fully saturated rings. The number of nitrogens with one attached hydrogen (secondary N) is 2. The van der Waals surface area contributed by atoms with E-state index in [0.717, 1.165) is 23.3 Å². The summed E-state index contributed by atoms with van der Waals surface area (Å²) in [5, 5.41) is 5.63. The molecule has 1 saturated heterocycles. The van der Waals surface area contributed by atoms with Gasteiger partial charge in [0.05, 0.1) is 0 Å². The second-order valence-electron chi connectivity index (χ2n) is 5.37. The zero-order valence-electron chi connectivity index (χ0n) is 12.3. The normalized spacial score (nSPS) is 17.1. The molecule has 0 saturated carbocycles. The number of carbonyl (C=O) groups is 1. The Kier molecular flexibility index (Phi) is 4.76. The average Bonchev–Trinajstić information content (AvgIpc) is 2.98. The van der Waals surface area contributed by atoms with Gasteiger partial charge in [0.25, 0.3) is 0 Å². The number of rotatable bonds is 3. The second-order valence-corrected chi connectivity index (χ2v) is 6.29. The highest BCUT2D eigenvalue weighted by Gasteiger charge is 2.24. The lowest BCUT2D eigenvalue weighted by Gasteiger charge is -2.18. The number of hydrogen-bond acceptors (Lipinski definition) is 3. The first-order valence-electron chi connectivity index (χ1n) is 7.30. The summed E-state index contributed by atoms with van der Waals surface area (Å²) in [7, 11) is 0. The Balaban J connectivity index is 1.52. The highest BCUT2D eigenvalue weighted by Crippen LogP contribution is 2.20. The fourth-order valence-electron chi connectivity index (χ4n) is 2.53. The Morgan fingerprint density at radius 1 is 1.26 bits per heavy atom. The second kappa shape index (κ2) is 6.95. The van der Waals surface area contributed by atoms with Gasteiger partial charge in [-0.05, 0) is 58.7 Å². The average molecular weight is 379 g/mol. The lowest BCUT2D eigenvalue weighted by Crippen LogP contribution is -2.39. The third-order valence-corrected chi connectivity index (χ3v) is 4.13. The van der Waals surface area contributed by atoms with Crippen molar-refractivity contribution in [2.24, 2.45) is 0 Å². The van der Waals surface area contributed by atoms with E-state index in [1.165, 1.54) is 24.3 Å². The van der Waals surface area contributed by atoms with Gasteiger partial charge in [0.2, 0.25) is 0 Å². The fourth-order valence-corrected chi connectivity index (χ4v) is 2.76. The largest absolute Gasteiger partial charge is 0.354 e. The van der Waals surface area contributed by atoms with Gasteiger partial charge in [0, 0.05) is 35.5 Å². The number of nitrogens with zero attached hydrogens (tertiary/aromatic N) is 2. The van der Waals surface area contributed by atoms with E-state index in [9.17, 15) is 9.18 Å². The molecule has 0 bridgehead atoms. The highest BCUT2D eigenvalue weighted by atomic mass is 79.9. The first-order valence-corrected chi connectivity index (χ1v) is 8.09. The van der Waals surface area contributed by atoms with Gasteiger partial charge in [-0.15, -0.1) is 0 Å². The highest BCUT2D eigenvalue weighted by molar-refractivity contribution is 9.10. The molecule has 0 spiro atoms. The van der Waals surface area contributed by atoms with Crippen LogP contribution >= 0.6 is 15.9 Å². The van der Waals surface area contributed by atoms with E-state index in [-0.39, 0.29) is 17.9 Å². The van der Waals surface area contributed by atoms with E-state index in [0.29, 0.717) is 12.2 Å². The number of aromatic nitrogens is 1. The van der Waals surface area contributed by atoms with E-state index in [2.05, 4.69) is 36.4 Å². The Hall–Kier alpha value is -2.15. The van der Waals surface area contributed by atoms with Crippen molar-refractivity contribution >= 4 is 33.5 Å². The number of hydrogen-bond donors (Lipinski definition) is 2. The molecule has 1 unspecified atom stereocenters. The number of carbonyl (C=O) groups excluding carboxylic acids is 1.